The first-order valence-electron chi connectivity index (χ1n) is 4.75. The fourth-order valence-electron chi connectivity index (χ4n) is 0.691. The monoisotopic (exact) mass is 214 g/mol. The Bertz CT molecular complexity index is 201. The van der Waals surface area contributed by atoms with Gasteiger partial charge in [0.25, 0.3) is 0 Å². The van der Waals surface area contributed by atoms with E-state index in [0.717, 1.165) is 0 Å². The summed E-state index contributed by atoms with van der Waals surface area (Å²) in [6, 6.07) is 0. The van der Waals surface area contributed by atoms with E-state index in [9.17, 15) is 4.79 Å². The van der Waals surface area contributed by atoms with Crippen molar-refractivity contribution in [3.63, 3.8) is 0 Å². The molecule has 0 amide bonds. The van der Waals surface area contributed by atoms with Crippen molar-refractivity contribution < 1.29 is 14.6 Å². The SMILES string of the molecule is C=CC(=O)CC(C)(C)C.C=CC(O)OC. The van der Waals surface area contributed by atoms with Crippen LogP contribution in [-0.4, -0.2) is 24.3 Å². The maximum absolute atomic E-state index is 10.7. The Morgan fingerprint density at radius 2 is 1.93 bits per heavy atom. The van der Waals surface area contributed by atoms with Gasteiger partial charge in [0, 0.05) is 13.5 Å². The minimum atomic E-state index is -0.801. The van der Waals surface area contributed by atoms with E-state index in [4.69, 9.17) is 5.11 Å². The Kier molecular flexibility index (Phi) is 9.22. The van der Waals surface area contributed by atoms with E-state index >= 15 is 0 Å². The first-order valence-corrected chi connectivity index (χ1v) is 4.75. The topological polar surface area (TPSA) is 46.5 Å². The number of methoxy groups -OCH3 is 1. The minimum absolute atomic E-state index is 0.102. The second-order valence-electron chi connectivity index (χ2n) is 4.27. The van der Waals surface area contributed by atoms with Gasteiger partial charge in [-0.1, -0.05) is 33.9 Å². The molecule has 3 nitrogen and oxygen atoms in total. The molecule has 0 aliphatic heterocycles. The summed E-state index contributed by atoms with van der Waals surface area (Å²) in [6.45, 7) is 12.8. The van der Waals surface area contributed by atoms with Gasteiger partial charge in [-0.2, -0.15) is 0 Å². The molecule has 0 aliphatic rings. The van der Waals surface area contributed by atoms with Gasteiger partial charge in [0.15, 0.2) is 12.1 Å². The number of aliphatic hydroxyl groups excluding tert-OH is 1. The number of ketones is 1. The summed E-state index contributed by atoms with van der Waals surface area (Å²) in [7, 11) is 1.41. The van der Waals surface area contributed by atoms with Crippen LogP contribution in [0.15, 0.2) is 25.3 Å². The van der Waals surface area contributed by atoms with Gasteiger partial charge >= 0.3 is 0 Å². The molecular weight excluding hydrogens is 192 g/mol. The summed E-state index contributed by atoms with van der Waals surface area (Å²) in [5, 5.41) is 8.33. The fraction of sp³-hybridized carbons (Fsp3) is 0.583. The van der Waals surface area contributed by atoms with Crippen LogP contribution in [0.4, 0.5) is 0 Å². The predicted octanol–water partition coefficient (Wildman–Crippen LogP) is 2.31. The molecule has 0 fully saturated rings. The quantitative estimate of drug-likeness (QED) is 0.444. The van der Waals surface area contributed by atoms with Crippen LogP contribution in [0.5, 0.6) is 0 Å². The Morgan fingerprint density at radius 3 is 2.00 bits per heavy atom. The number of carbonyl (C=O) groups is 1. The highest BCUT2D eigenvalue weighted by atomic mass is 16.6. The Morgan fingerprint density at radius 1 is 1.47 bits per heavy atom. The summed E-state index contributed by atoms with van der Waals surface area (Å²) in [5.74, 6) is 0.127. The van der Waals surface area contributed by atoms with Crippen LogP contribution in [0.2, 0.25) is 0 Å². The Balaban J connectivity index is 0. The average Bonchev–Trinajstić information content (AvgIpc) is 2.15. The number of ether oxygens (including phenoxy) is 1. The van der Waals surface area contributed by atoms with E-state index in [0.29, 0.717) is 6.42 Å². The molecule has 0 aromatic heterocycles. The van der Waals surface area contributed by atoms with Crippen LogP contribution in [0, 0.1) is 5.41 Å². The van der Waals surface area contributed by atoms with Crippen LogP contribution in [0.1, 0.15) is 27.2 Å². The van der Waals surface area contributed by atoms with Crippen LogP contribution >= 0.6 is 0 Å². The smallest absolute Gasteiger partial charge is 0.173 e. The lowest BCUT2D eigenvalue weighted by atomic mass is 9.90. The van der Waals surface area contributed by atoms with E-state index in [1.54, 1.807) is 0 Å². The summed E-state index contributed by atoms with van der Waals surface area (Å²) in [6.07, 6.45) is 2.48. The zero-order valence-electron chi connectivity index (χ0n) is 10.1. The molecule has 0 spiro atoms. The standard InChI is InChI=1S/C8H14O.C4H8O2/c1-5-7(9)6-8(2,3)4;1-3-4(5)6-2/h5H,1,6H2,2-4H3;3-5H,1H2,2H3. The lowest BCUT2D eigenvalue weighted by Crippen LogP contribution is -2.10. The van der Waals surface area contributed by atoms with Gasteiger partial charge < -0.3 is 9.84 Å². The maximum Gasteiger partial charge on any atom is 0.173 e. The van der Waals surface area contributed by atoms with Crippen molar-refractivity contribution in [2.45, 2.75) is 33.5 Å². The van der Waals surface area contributed by atoms with Gasteiger partial charge in [0.05, 0.1) is 0 Å². The normalized spacial score (nSPS) is 12.1. The molecular formula is C12H22O3. The number of carbonyl (C=O) groups excluding carboxylic acids is 1. The van der Waals surface area contributed by atoms with Crippen molar-refractivity contribution in [1.82, 2.24) is 0 Å². The van der Waals surface area contributed by atoms with Gasteiger partial charge in [-0.15, -0.1) is 0 Å². The van der Waals surface area contributed by atoms with Crippen molar-refractivity contribution in [3.05, 3.63) is 25.3 Å². The largest absolute Gasteiger partial charge is 0.365 e. The molecule has 0 saturated carbocycles. The summed E-state index contributed by atoms with van der Waals surface area (Å²) in [4.78, 5) is 10.7. The van der Waals surface area contributed by atoms with E-state index in [1.807, 2.05) is 20.8 Å². The van der Waals surface area contributed by atoms with Gasteiger partial charge in [0.1, 0.15) is 0 Å². The predicted molar refractivity (Wildman–Crippen MR) is 62.5 cm³/mol. The van der Waals surface area contributed by atoms with Gasteiger partial charge in [0.2, 0.25) is 0 Å². The first kappa shape index (κ1) is 16.5. The van der Waals surface area contributed by atoms with Crippen molar-refractivity contribution >= 4 is 5.78 Å². The number of hydrogen-bond donors (Lipinski definition) is 1. The maximum atomic E-state index is 10.7. The lowest BCUT2D eigenvalue weighted by molar-refractivity contribution is -0.116. The third-order valence-corrected chi connectivity index (χ3v) is 1.38. The number of allylic oxidation sites excluding steroid dienone is 1. The molecule has 1 unspecified atom stereocenters. The highest BCUT2D eigenvalue weighted by Crippen LogP contribution is 2.18. The van der Waals surface area contributed by atoms with E-state index in [-0.39, 0.29) is 11.2 Å². The molecule has 15 heavy (non-hydrogen) atoms. The molecule has 1 N–H and O–H groups in total. The zero-order valence-corrected chi connectivity index (χ0v) is 10.1. The molecule has 0 aromatic carbocycles. The number of rotatable bonds is 4. The van der Waals surface area contributed by atoms with Crippen molar-refractivity contribution in [1.29, 1.82) is 0 Å². The van der Waals surface area contributed by atoms with E-state index < -0.39 is 6.29 Å². The highest BCUT2D eigenvalue weighted by Gasteiger charge is 2.12. The summed E-state index contributed by atoms with van der Waals surface area (Å²) < 4.78 is 4.34. The molecule has 88 valence electrons. The van der Waals surface area contributed by atoms with Crippen molar-refractivity contribution in [2.75, 3.05) is 7.11 Å². The third kappa shape index (κ3) is 15.8. The molecule has 1 atom stereocenters. The first-order chi connectivity index (χ1) is 6.76. The third-order valence-electron chi connectivity index (χ3n) is 1.38. The second kappa shape index (κ2) is 8.38. The molecule has 0 bridgehead atoms. The van der Waals surface area contributed by atoms with Crippen LogP contribution in [0.3, 0.4) is 0 Å². The fourth-order valence-corrected chi connectivity index (χ4v) is 0.691. The molecule has 0 radical (unpaired) electrons. The van der Waals surface area contributed by atoms with Gasteiger partial charge in [-0.3, -0.25) is 4.79 Å². The second-order valence-corrected chi connectivity index (χ2v) is 4.27. The molecule has 0 saturated heterocycles. The number of hydrogen-bond acceptors (Lipinski definition) is 3. The molecule has 0 heterocycles. The van der Waals surface area contributed by atoms with Crippen molar-refractivity contribution in [2.24, 2.45) is 5.41 Å². The van der Waals surface area contributed by atoms with Gasteiger partial charge in [-0.25, -0.2) is 0 Å². The van der Waals surface area contributed by atoms with Crippen molar-refractivity contribution in [3.8, 4) is 0 Å². The highest BCUT2D eigenvalue weighted by molar-refractivity contribution is 5.89. The molecule has 0 aromatic rings. The lowest BCUT2D eigenvalue weighted by Gasteiger charge is -2.14. The minimum Gasteiger partial charge on any atom is -0.365 e. The Hall–Kier alpha value is -0.930. The number of aliphatic hydroxyl groups is 1. The molecule has 0 aliphatic carbocycles. The Labute approximate surface area is 92.4 Å². The molecule has 3 heteroatoms. The zero-order chi connectivity index (χ0) is 12.5. The van der Waals surface area contributed by atoms with Gasteiger partial charge in [-0.05, 0) is 17.6 Å². The van der Waals surface area contributed by atoms with E-state index in [1.165, 1.54) is 19.3 Å². The van der Waals surface area contributed by atoms with Crippen LogP contribution in [0.25, 0.3) is 0 Å². The summed E-state index contributed by atoms with van der Waals surface area (Å²) >= 11 is 0. The average molecular weight is 214 g/mol. The van der Waals surface area contributed by atoms with Crippen LogP contribution in [-0.2, 0) is 9.53 Å². The van der Waals surface area contributed by atoms with Crippen LogP contribution < -0.4 is 0 Å². The van der Waals surface area contributed by atoms with E-state index in [2.05, 4.69) is 17.9 Å². The summed E-state index contributed by atoms with van der Waals surface area (Å²) in [5.41, 5.74) is 0.102. The molecule has 0 rings (SSSR count).